The van der Waals surface area contributed by atoms with Gasteiger partial charge in [-0.25, -0.2) is 0 Å². The van der Waals surface area contributed by atoms with Crippen LogP contribution in [0.5, 0.6) is 0 Å². The van der Waals surface area contributed by atoms with E-state index in [1.54, 1.807) is 0 Å². The van der Waals surface area contributed by atoms with Gasteiger partial charge >= 0.3 is 0 Å². The van der Waals surface area contributed by atoms with Crippen molar-refractivity contribution in [1.29, 1.82) is 0 Å². The van der Waals surface area contributed by atoms with Crippen LogP contribution in [0.3, 0.4) is 0 Å². The molecule has 0 saturated heterocycles. The second kappa shape index (κ2) is 12.1. The van der Waals surface area contributed by atoms with Crippen LogP contribution in [-0.4, -0.2) is 0 Å². The molecule has 2 radical (unpaired) electrons. The van der Waals surface area contributed by atoms with Gasteiger partial charge in [-0.1, -0.05) is 96.8 Å². The first kappa shape index (κ1) is 16.1. The smallest absolute Gasteiger partial charge is 0.0355 e. The van der Waals surface area contributed by atoms with Crippen molar-refractivity contribution < 1.29 is 0 Å². The Kier molecular flexibility index (Phi) is 10.8. The minimum Gasteiger partial charge on any atom is -0.0533 e. The molecule has 0 aromatic heterocycles. The summed E-state index contributed by atoms with van der Waals surface area (Å²) in [6, 6.07) is 0. The first-order valence-corrected chi connectivity index (χ1v) is 8.56. The summed E-state index contributed by atoms with van der Waals surface area (Å²) in [5.74, 6) is 0.974. The van der Waals surface area contributed by atoms with Crippen LogP contribution < -0.4 is 0 Å². The summed E-state index contributed by atoms with van der Waals surface area (Å²) in [7, 11) is 0. The molecule has 1 atom stereocenters. The molecule has 1 unspecified atom stereocenters. The molecule has 1 rings (SSSR count). The van der Waals surface area contributed by atoms with Crippen LogP contribution in [0.15, 0.2) is 0 Å². The molecule has 0 bridgehead atoms. The van der Waals surface area contributed by atoms with E-state index in [1.165, 1.54) is 89.9 Å². The molecule has 0 nitrogen and oxygen atoms in total. The maximum atomic E-state index is 3.89. The molecule has 18 heavy (non-hydrogen) atoms. The lowest BCUT2D eigenvalue weighted by Crippen LogP contribution is -2.06. The largest absolute Gasteiger partial charge is 0.0533 e. The maximum absolute atomic E-state index is 3.89. The Hall–Kier alpha value is 0. The Morgan fingerprint density at radius 3 is 1.94 bits per heavy atom. The van der Waals surface area contributed by atoms with Gasteiger partial charge in [-0.3, -0.25) is 0 Å². The third kappa shape index (κ3) is 9.00. The summed E-state index contributed by atoms with van der Waals surface area (Å²) in [6.07, 6.45) is 24.0. The highest BCUT2D eigenvalue weighted by atomic mass is 14.2. The molecule has 0 amide bonds. The van der Waals surface area contributed by atoms with Gasteiger partial charge in [0.1, 0.15) is 0 Å². The molecule has 1 aliphatic carbocycles. The molecule has 1 saturated carbocycles. The molecule has 0 spiro atoms. The Morgan fingerprint density at radius 1 is 0.778 bits per heavy atom. The topological polar surface area (TPSA) is 0 Å². The fourth-order valence-corrected chi connectivity index (χ4v) is 3.11. The van der Waals surface area contributed by atoms with Crippen molar-refractivity contribution in [2.75, 3.05) is 0 Å². The zero-order valence-electron chi connectivity index (χ0n) is 12.5. The fraction of sp³-hybridized carbons (Fsp3) is 0.889. The average molecular weight is 250 g/mol. The summed E-state index contributed by atoms with van der Waals surface area (Å²) >= 11 is 0. The van der Waals surface area contributed by atoms with Crippen LogP contribution in [0.4, 0.5) is 0 Å². The molecule has 0 heteroatoms. The summed E-state index contributed by atoms with van der Waals surface area (Å²) in [4.78, 5) is 0. The Labute approximate surface area is 116 Å². The molecule has 0 heterocycles. The van der Waals surface area contributed by atoms with E-state index >= 15 is 0 Å². The van der Waals surface area contributed by atoms with E-state index in [1.807, 2.05) is 0 Å². The normalized spacial score (nSPS) is 17.2. The highest BCUT2D eigenvalue weighted by Crippen LogP contribution is 2.27. The summed E-state index contributed by atoms with van der Waals surface area (Å²) in [5, 5.41) is 0. The average Bonchev–Trinajstić information content (AvgIpc) is 2.42. The van der Waals surface area contributed by atoms with Gasteiger partial charge in [-0.05, 0) is 18.8 Å². The van der Waals surface area contributed by atoms with Crippen molar-refractivity contribution >= 4 is 0 Å². The van der Waals surface area contributed by atoms with E-state index in [2.05, 4.69) is 13.3 Å². The SMILES string of the molecule is [CH2]CCCCCCCCCCCC1[CH]CCCC1. The standard InChI is InChI=1S/C18H34/c1-2-3-4-5-6-7-8-9-10-12-15-18-16-13-11-14-17-18/h16,18H,1-15,17H2. The number of hydrogen-bond donors (Lipinski definition) is 0. The van der Waals surface area contributed by atoms with Gasteiger partial charge in [0, 0.05) is 0 Å². The second-order valence-electron chi connectivity index (χ2n) is 6.10. The number of rotatable bonds is 11. The Bertz CT molecular complexity index is 155. The second-order valence-corrected chi connectivity index (χ2v) is 6.10. The predicted octanol–water partition coefficient (Wildman–Crippen LogP) is 6.51. The molecular formula is C18H34. The molecular weight excluding hydrogens is 216 g/mol. The van der Waals surface area contributed by atoms with Gasteiger partial charge in [0.15, 0.2) is 0 Å². The van der Waals surface area contributed by atoms with Gasteiger partial charge in [0.05, 0.1) is 0 Å². The molecule has 106 valence electrons. The lowest BCUT2D eigenvalue weighted by molar-refractivity contribution is 0.402. The predicted molar refractivity (Wildman–Crippen MR) is 82.4 cm³/mol. The van der Waals surface area contributed by atoms with Gasteiger partial charge in [0.2, 0.25) is 0 Å². The first-order valence-electron chi connectivity index (χ1n) is 8.56. The van der Waals surface area contributed by atoms with Crippen molar-refractivity contribution in [2.45, 2.75) is 96.3 Å². The van der Waals surface area contributed by atoms with Gasteiger partial charge in [-0.15, -0.1) is 0 Å². The van der Waals surface area contributed by atoms with Crippen LogP contribution in [0.25, 0.3) is 0 Å². The summed E-state index contributed by atoms with van der Waals surface area (Å²) in [5.41, 5.74) is 0. The van der Waals surface area contributed by atoms with E-state index in [9.17, 15) is 0 Å². The molecule has 1 fully saturated rings. The van der Waals surface area contributed by atoms with Gasteiger partial charge < -0.3 is 0 Å². The van der Waals surface area contributed by atoms with E-state index in [-0.39, 0.29) is 0 Å². The highest BCUT2D eigenvalue weighted by Gasteiger charge is 2.12. The molecule has 1 aliphatic rings. The van der Waals surface area contributed by atoms with Crippen LogP contribution in [0, 0.1) is 19.3 Å². The third-order valence-electron chi connectivity index (χ3n) is 4.35. The van der Waals surface area contributed by atoms with Gasteiger partial charge in [-0.2, -0.15) is 0 Å². The molecule has 0 aliphatic heterocycles. The van der Waals surface area contributed by atoms with Crippen molar-refractivity contribution in [3.63, 3.8) is 0 Å². The zero-order chi connectivity index (χ0) is 12.9. The van der Waals surface area contributed by atoms with E-state index in [0.717, 1.165) is 12.3 Å². The van der Waals surface area contributed by atoms with E-state index in [4.69, 9.17) is 0 Å². The molecule has 0 aromatic rings. The maximum Gasteiger partial charge on any atom is -0.0355 e. The molecule has 0 N–H and O–H groups in total. The van der Waals surface area contributed by atoms with Crippen LogP contribution in [-0.2, 0) is 0 Å². The number of unbranched alkanes of at least 4 members (excludes halogenated alkanes) is 9. The van der Waals surface area contributed by atoms with Crippen LogP contribution >= 0.6 is 0 Å². The van der Waals surface area contributed by atoms with E-state index < -0.39 is 0 Å². The van der Waals surface area contributed by atoms with Crippen molar-refractivity contribution in [3.05, 3.63) is 13.3 Å². The summed E-state index contributed by atoms with van der Waals surface area (Å²) in [6.45, 7) is 3.89. The lowest BCUT2D eigenvalue weighted by Gasteiger charge is -2.20. The number of hydrogen-bond acceptors (Lipinski definition) is 0. The van der Waals surface area contributed by atoms with Gasteiger partial charge in [0.25, 0.3) is 0 Å². The first-order chi connectivity index (χ1) is 8.93. The Morgan fingerprint density at radius 2 is 1.39 bits per heavy atom. The lowest BCUT2D eigenvalue weighted by atomic mass is 9.85. The minimum absolute atomic E-state index is 0.974. The monoisotopic (exact) mass is 250 g/mol. The third-order valence-corrected chi connectivity index (χ3v) is 4.35. The summed E-state index contributed by atoms with van der Waals surface area (Å²) < 4.78 is 0. The zero-order valence-corrected chi connectivity index (χ0v) is 12.5. The molecule has 0 aromatic carbocycles. The van der Waals surface area contributed by atoms with Crippen molar-refractivity contribution in [1.82, 2.24) is 0 Å². The van der Waals surface area contributed by atoms with Crippen molar-refractivity contribution in [2.24, 2.45) is 5.92 Å². The highest BCUT2D eigenvalue weighted by molar-refractivity contribution is 4.80. The van der Waals surface area contributed by atoms with Crippen LogP contribution in [0.1, 0.15) is 96.3 Å². The van der Waals surface area contributed by atoms with Crippen molar-refractivity contribution in [3.8, 4) is 0 Å². The quantitative estimate of drug-likeness (QED) is 0.367. The fourth-order valence-electron chi connectivity index (χ4n) is 3.11. The Balaban J connectivity index is 1.73. The van der Waals surface area contributed by atoms with Crippen LogP contribution in [0.2, 0.25) is 0 Å². The van der Waals surface area contributed by atoms with E-state index in [0.29, 0.717) is 0 Å². The minimum atomic E-state index is 0.974.